The molecule has 21 heavy (non-hydrogen) atoms. The summed E-state index contributed by atoms with van der Waals surface area (Å²) in [7, 11) is 0. The van der Waals surface area contributed by atoms with Crippen LogP contribution < -0.4 is 5.32 Å². The summed E-state index contributed by atoms with van der Waals surface area (Å²) in [5, 5.41) is 4.84. The SMILES string of the molecule is CC(C)NCc1cccc2ccn(Cc3ccccc3)c12. The third-order valence-corrected chi connectivity index (χ3v) is 3.77. The number of fused-ring (bicyclic) bond motifs is 1. The monoisotopic (exact) mass is 278 g/mol. The fraction of sp³-hybridized carbons (Fsp3) is 0.263. The van der Waals surface area contributed by atoms with E-state index < -0.39 is 0 Å². The second-order valence-corrected chi connectivity index (χ2v) is 5.82. The number of benzene rings is 2. The Hall–Kier alpha value is -2.06. The van der Waals surface area contributed by atoms with Gasteiger partial charge in [-0.25, -0.2) is 0 Å². The number of hydrogen-bond donors (Lipinski definition) is 1. The third kappa shape index (κ3) is 3.17. The number of nitrogens with zero attached hydrogens (tertiary/aromatic N) is 1. The van der Waals surface area contributed by atoms with Crippen LogP contribution in [0, 0.1) is 0 Å². The first-order valence-electron chi connectivity index (χ1n) is 7.58. The van der Waals surface area contributed by atoms with Crippen LogP contribution in [0.5, 0.6) is 0 Å². The van der Waals surface area contributed by atoms with E-state index in [9.17, 15) is 0 Å². The van der Waals surface area contributed by atoms with E-state index in [0.29, 0.717) is 6.04 Å². The fourth-order valence-corrected chi connectivity index (χ4v) is 2.71. The van der Waals surface area contributed by atoms with Crippen LogP contribution in [0.1, 0.15) is 25.0 Å². The Labute approximate surface area is 126 Å². The van der Waals surface area contributed by atoms with Crippen LogP contribution in [-0.4, -0.2) is 10.6 Å². The van der Waals surface area contributed by atoms with Crippen molar-refractivity contribution in [2.24, 2.45) is 0 Å². The van der Waals surface area contributed by atoms with Gasteiger partial charge in [0.15, 0.2) is 0 Å². The highest BCUT2D eigenvalue weighted by molar-refractivity contribution is 5.83. The van der Waals surface area contributed by atoms with Gasteiger partial charge in [-0.1, -0.05) is 62.4 Å². The first-order chi connectivity index (χ1) is 10.2. The number of para-hydroxylation sites is 1. The molecule has 0 aliphatic carbocycles. The zero-order chi connectivity index (χ0) is 14.7. The maximum atomic E-state index is 3.52. The van der Waals surface area contributed by atoms with E-state index in [2.05, 4.69) is 84.5 Å². The number of rotatable bonds is 5. The molecule has 3 rings (SSSR count). The van der Waals surface area contributed by atoms with Crippen LogP contribution in [0.4, 0.5) is 0 Å². The predicted molar refractivity (Wildman–Crippen MR) is 89.5 cm³/mol. The Morgan fingerprint density at radius 3 is 2.52 bits per heavy atom. The summed E-state index contributed by atoms with van der Waals surface area (Å²) in [6.07, 6.45) is 2.19. The van der Waals surface area contributed by atoms with E-state index >= 15 is 0 Å². The lowest BCUT2D eigenvalue weighted by molar-refractivity contribution is 0.589. The summed E-state index contributed by atoms with van der Waals surface area (Å²) < 4.78 is 2.35. The minimum absolute atomic E-state index is 0.498. The van der Waals surface area contributed by atoms with Gasteiger partial charge in [-0.05, 0) is 22.6 Å². The number of aromatic nitrogens is 1. The average Bonchev–Trinajstić information content (AvgIpc) is 2.90. The number of hydrogen-bond acceptors (Lipinski definition) is 1. The van der Waals surface area contributed by atoms with Crippen LogP contribution in [0.25, 0.3) is 10.9 Å². The molecule has 0 atom stereocenters. The topological polar surface area (TPSA) is 17.0 Å². The molecule has 0 radical (unpaired) electrons. The van der Waals surface area contributed by atoms with Gasteiger partial charge in [0, 0.05) is 25.3 Å². The van der Waals surface area contributed by atoms with Gasteiger partial charge in [-0.2, -0.15) is 0 Å². The molecule has 0 amide bonds. The molecule has 0 fully saturated rings. The molecule has 0 unspecified atom stereocenters. The Morgan fingerprint density at radius 2 is 1.76 bits per heavy atom. The highest BCUT2D eigenvalue weighted by atomic mass is 15.0. The van der Waals surface area contributed by atoms with Gasteiger partial charge in [0.2, 0.25) is 0 Å². The molecule has 0 aliphatic heterocycles. The first kappa shape index (κ1) is 13.9. The summed E-state index contributed by atoms with van der Waals surface area (Å²) in [5.41, 5.74) is 4.04. The van der Waals surface area contributed by atoms with Crippen LogP contribution in [0.15, 0.2) is 60.8 Å². The molecule has 0 spiro atoms. The van der Waals surface area contributed by atoms with Crippen molar-refractivity contribution in [3.05, 3.63) is 71.9 Å². The normalized spacial score (nSPS) is 11.4. The second-order valence-electron chi connectivity index (χ2n) is 5.82. The van der Waals surface area contributed by atoms with E-state index in [1.54, 1.807) is 0 Å². The summed E-state index contributed by atoms with van der Waals surface area (Å²) >= 11 is 0. The molecule has 1 N–H and O–H groups in total. The lowest BCUT2D eigenvalue weighted by Gasteiger charge is -2.12. The molecular formula is C19H22N2. The predicted octanol–water partition coefficient (Wildman–Crippen LogP) is 4.19. The van der Waals surface area contributed by atoms with Crippen molar-refractivity contribution < 1.29 is 0 Å². The molecule has 2 heteroatoms. The Kier molecular flexibility index (Phi) is 4.07. The largest absolute Gasteiger partial charge is 0.343 e. The van der Waals surface area contributed by atoms with E-state index in [1.807, 2.05) is 0 Å². The molecule has 2 nitrogen and oxygen atoms in total. The van der Waals surface area contributed by atoms with Crippen molar-refractivity contribution in [2.45, 2.75) is 33.0 Å². The maximum Gasteiger partial charge on any atom is 0.0529 e. The lowest BCUT2D eigenvalue weighted by atomic mass is 10.1. The molecule has 0 saturated carbocycles. The Bertz CT molecular complexity index is 711. The zero-order valence-corrected chi connectivity index (χ0v) is 12.7. The first-order valence-corrected chi connectivity index (χ1v) is 7.58. The van der Waals surface area contributed by atoms with Crippen molar-refractivity contribution in [1.29, 1.82) is 0 Å². The molecule has 0 saturated heterocycles. The van der Waals surface area contributed by atoms with Gasteiger partial charge in [0.1, 0.15) is 0 Å². The van der Waals surface area contributed by atoms with Crippen LogP contribution in [0.3, 0.4) is 0 Å². The standard InChI is InChI=1S/C19H22N2/c1-15(2)20-13-18-10-6-9-17-11-12-21(19(17)18)14-16-7-4-3-5-8-16/h3-12,15,20H,13-14H2,1-2H3. The van der Waals surface area contributed by atoms with Crippen molar-refractivity contribution in [2.75, 3.05) is 0 Å². The summed E-state index contributed by atoms with van der Waals surface area (Å²) in [6.45, 7) is 6.20. The number of nitrogens with one attached hydrogen (secondary N) is 1. The lowest BCUT2D eigenvalue weighted by Crippen LogP contribution is -2.22. The molecule has 0 bridgehead atoms. The minimum atomic E-state index is 0.498. The summed E-state index contributed by atoms with van der Waals surface area (Å²) in [5.74, 6) is 0. The quantitative estimate of drug-likeness (QED) is 0.740. The van der Waals surface area contributed by atoms with Gasteiger partial charge < -0.3 is 9.88 Å². The molecule has 3 aromatic rings. The van der Waals surface area contributed by atoms with Gasteiger partial charge in [0.05, 0.1) is 5.52 Å². The molecule has 0 aliphatic rings. The smallest absolute Gasteiger partial charge is 0.0529 e. The molecular weight excluding hydrogens is 256 g/mol. The van der Waals surface area contributed by atoms with E-state index in [1.165, 1.54) is 22.0 Å². The third-order valence-electron chi connectivity index (χ3n) is 3.77. The van der Waals surface area contributed by atoms with E-state index in [0.717, 1.165) is 13.1 Å². The van der Waals surface area contributed by atoms with Crippen molar-refractivity contribution in [3.63, 3.8) is 0 Å². The van der Waals surface area contributed by atoms with Crippen LogP contribution in [-0.2, 0) is 13.1 Å². The molecule has 1 heterocycles. The van der Waals surface area contributed by atoms with Crippen molar-refractivity contribution >= 4 is 10.9 Å². The van der Waals surface area contributed by atoms with Crippen molar-refractivity contribution in [1.82, 2.24) is 9.88 Å². The molecule has 2 aromatic carbocycles. The highest BCUT2D eigenvalue weighted by Crippen LogP contribution is 2.21. The van der Waals surface area contributed by atoms with Gasteiger partial charge in [-0.15, -0.1) is 0 Å². The van der Waals surface area contributed by atoms with Gasteiger partial charge >= 0.3 is 0 Å². The second kappa shape index (κ2) is 6.15. The summed E-state index contributed by atoms with van der Waals surface area (Å²) in [4.78, 5) is 0. The van der Waals surface area contributed by atoms with Gasteiger partial charge in [0.25, 0.3) is 0 Å². The van der Waals surface area contributed by atoms with Crippen LogP contribution in [0.2, 0.25) is 0 Å². The minimum Gasteiger partial charge on any atom is -0.343 e. The highest BCUT2D eigenvalue weighted by Gasteiger charge is 2.07. The van der Waals surface area contributed by atoms with Crippen molar-refractivity contribution in [3.8, 4) is 0 Å². The maximum absolute atomic E-state index is 3.52. The summed E-state index contributed by atoms with van der Waals surface area (Å²) in [6, 6.07) is 19.9. The Balaban J connectivity index is 1.95. The molecule has 108 valence electrons. The van der Waals surface area contributed by atoms with E-state index in [4.69, 9.17) is 0 Å². The Morgan fingerprint density at radius 1 is 0.952 bits per heavy atom. The zero-order valence-electron chi connectivity index (χ0n) is 12.7. The molecule has 1 aromatic heterocycles. The fourth-order valence-electron chi connectivity index (χ4n) is 2.71. The van der Waals surface area contributed by atoms with E-state index in [-0.39, 0.29) is 0 Å². The van der Waals surface area contributed by atoms with Crippen LogP contribution >= 0.6 is 0 Å². The average molecular weight is 278 g/mol. The van der Waals surface area contributed by atoms with Gasteiger partial charge in [-0.3, -0.25) is 0 Å².